The van der Waals surface area contributed by atoms with Crippen LogP contribution in [0.3, 0.4) is 0 Å². The molecule has 3 heterocycles. The van der Waals surface area contributed by atoms with Gasteiger partial charge in [-0.2, -0.15) is 5.10 Å². The largest absolute Gasteiger partial charge is 0.338 e. The smallest absolute Gasteiger partial charge is 0.236 e. The highest BCUT2D eigenvalue weighted by Crippen LogP contribution is 2.35. The van der Waals surface area contributed by atoms with Crippen molar-refractivity contribution in [3.05, 3.63) is 12.2 Å². The lowest BCUT2D eigenvalue weighted by Crippen LogP contribution is -2.53. The molecule has 1 aromatic heterocycles. The second-order valence-corrected chi connectivity index (χ2v) is 7.32. The van der Waals surface area contributed by atoms with E-state index >= 15 is 0 Å². The van der Waals surface area contributed by atoms with Crippen LogP contribution in [0.15, 0.2) is 6.33 Å². The van der Waals surface area contributed by atoms with Gasteiger partial charge in [-0.1, -0.05) is 12.8 Å². The number of carbonyl (C=O) groups is 1. The molecule has 0 spiro atoms. The van der Waals surface area contributed by atoms with E-state index in [1.165, 1.54) is 38.5 Å². The van der Waals surface area contributed by atoms with E-state index in [0.29, 0.717) is 24.5 Å². The van der Waals surface area contributed by atoms with Crippen LogP contribution < -0.4 is 5.32 Å². The van der Waals surface area contributed by atoms with E-state index in [2.05, 4.69) is 20.3 Å². The number of piperidine rings is 1. The average molecular weight is 317 g/mol. The molecule has 1 aliphatic carbocycles. The molecule has 0 radical (unpaired) electrons. The van der Waals surface area contributed by atoms with Gasteiger partial charge in [0.1, 0.15) is 12.2 Å². The van der Waals surface area contributed by atoms with Crippen LogP contribution in [-0.2, 0) is 17.8 Å². The summed E-state index contributed by atoms with van der Waals surface area (Å²) in [5.74, 6) is 2.12. The maximum Gasteiger partial charge on any atom is 0.236 e. The summed E-state index contributed by atoms with van der Waals surface area (Å²) < 4.78 is 1.96. The summed E-state index contributed by atoms with van der Waals surface area (Å²) in [5, 5.41) is 7.71. The van der Waals surface area contributed by atoms with E-state index in [9.17, 15) is 4.79 Å². The van der Waals surface area contributed by atoms with Crippen molar-refractivity contribution in [3.8, 4) is 0 Å². The van der Waals surface area contributed by atoms with Crippen molar-refractivity contribution in [3.63, 3.8) is 0 Å². The van der Waals surface area contributed by atoms with Gasteiger partial charge in [-0.15, -0.1) is 0 Å². The van der Waals surface area contributed by atoms with Gasteiger partial charge in [0.2, 0.25) is 5.91 Å². The standard InChI is InChI=1S/C17H27N5O/c23-17(21-9-3-5-13-4-1-2-6-15(13)21)10-18-14-7-8-16-19-12-20-22(16)11-14/h12-15,18H,1-11H2. The zero-order chi connectivity index (χ0) is 15.6. The Hall–Kier alpha value is -1.43. The van der Waals surface area contributed by atoms with Gasteiger partial charge >= 0.3 is 0 Å². The van der Waals surface area contributed by atoms with Crippen LogP contribution in [0.25, 0.3) is 0 Å². The highest BCUT2D eigenvalue weighted by Gasteiger charge is 2.35. The van der Waals surface area contributed by atoms with E-state index < -0.39 is 0 Å². The number of carbonyl (C=O) groups excluding carboxylic acids is 1. The third-order valence-corrected chi connectivity index (χ3v) is 5.91. The quantitative estimate of drug-likeness (QED) is 0.914. The fraction of sp³-hybridized carbons (Fsp3) is 0.824. The van der Waals surface area contributed by atoms with Gasteiger partial charge in [0.05, 0.1) is 13.1 Å². The van der Waals surface area contributed by atoms with Crippen LogP contribution in [0.2, 0.25) is 0 Å². The fourth-order valence-electron chi connectivity index (χ4n) is 4.67. The third kappa shape index (κ3) is 3.13. The molecular formula is C17H27N5O. The van der Waals surface area contributed by atoms with Crippen LogP contribution in [0, 0.1) is 5.92 Å². The molecule has 1 saturated carbocycles. The molecule has 0 aromatic carbocycles. The van der Waals surface area contributed by atoms with Crippen LogP contribution >= 0.6 is 0 Å². The molecule has 23 heavy (non-hydrogen) atoms. The molecule has 3 atom stereocenters. The van der Waals surface area contributed by atoms with Gasteiger partial charge in [-0.3, -0.25) is 4.79 Å². The van der Waals surface area contributed by atoms with Gasteiger partial charge in [0.15, 0.2) is 0 Å². The number of amides is 1. The highest BCUT2D eigenvalue weighted by molar-refractivity contribution is 5.78. The first-order valence-electron chi connectivity index (χ1n) is 9.21. The summed E-state index contributed by atoms with van der Waals surface area (Å²) in [4.78, 5) is 19.2. The Labute approximate surface area is 137 Å². The van der Waals surface area contributed by atoms with Crippen LogP contribution in [-0.4, -0.2) is 50.7 Å². The number of aryl methyl sites for hydroxylation is 1. The van der Waals surface area contributed by atoms with Crippen molar-refractivity contribution in [1.29, 1.82) is 0 Å². The van der Waals surface area contributed by atoms with E-state index in [0.717, 1.165) is 37.7 Å². The number of hydrogen-bond acceptors (Lipinski definition) is 4. The molecule has 6 nitrogen and oxygen atoms in total. The molecule has 1 saturated heterocycles. The second kappa shape index (κ2) is 6.59. The number of hydrogen-bond donors (Lipinski definition) is 1. The van der Waals surface area contributed by atoms with Gasteiger partial charge in [0, 0.05) is 25.0 Å². The van der Waals surface area contributed by atoms with Gasteiger partial charge in [0.25, 0.3) is 0 Å². The Kier molecular flexibility index (Phi) is 4.33. The minimum atomic E-state index is 0.297. The van der Waals surface area contributed by atoms with Crippen LogP contribution in [0.1, 0.15) is 50.8 Å². The van der Waals surface area contributed by atoms with E-state index in [1.54, 1.807) is 6.33 Å². The Morgan fingerprint density at radius 1 is 1.22 bits per heavy atom. The first kappa shape index (κ1) is 15.1. The van der Waals surface area contributed by atoms with Crippen molar-refractivity contribution in [2.45, 2.75) is 70.0 Å². The summed E-state index contributed by atoms with van der Waals surface area (Å²) in [6.45, 7) is 2.26. The van der Waals surface area contributed by atoms with Crippen LogP contribution in [0.5, 0.6) is 0 Å². The number of nitrogens with zero attached hydrogens (tertiary/aromatic N) is 4. The van der Waals surface area contributed by atoms with E-state index in [1.807, 2.05) is 4.68 Å². The number of aromatic nitrogens is 3. The maximum atomic E-state index is 12.7. The molecule has 1 amide bonds. The van der Waals surface area contributed by atoms with Crippen molar-refractivity contribution in [2.75, 3.05) is 13.1 Å². The number of rotatable bonds is 3. The lowest BCUT2D eigenvalue weighted by molar-refractivity contribution is -0.136. The minimum Gasteiger partial charge on any atom is -0.338 e. The molecule has 4 rings (SSSR count). The lowest BCUT2D eigenvalue weighted by Gasteiger charge is -2.44. The zero-order valence-corrected chi connectivity index (χ0v) is 13.8. The van der Waals surface area contributed by atoms with Crippen molar-refractivity contribution in [2.24, 2.45) is 5.92 Å². The summed E-state index contributed by atoms with van der Waals surface area (Å²) >= 11 is 0. The molecule has 0 bridgehead atoms. The molecular weight excluding hydrogens is 290 g/mol. The fourth-order valence-corrected chi connectivity index (χ4v) is 4.67. The Morgan fingerprint density at radius 2 is 2.09 bits per heavy atom. The molecule has 3 aliphatic rings. The lowest BCUT2D eigenvalue weighted by atomic mass is 9.78. The number of fused-ring (bicyclic) bond motifs is 2. The minimum absolute atomic E-state index is 0.297. The monoisotopic (exact) mass is 317 g/mol. The van der Waals surface area contributed by atoms with Gasteiger partial charge in [-0.25, -0.2) is 9.67 Å². The summed E-state index contributed by atoms with van der Waals surface area (Å²) in [6.07, 6.45) is 11.3. The van der Waals surface area contributed by atoms with Gasteiger partial charge in [-0.05, 0) is 38.0 Å². The molecule has 3 unspecified atom stereocenters. The normalized spacial score (nSPS) is 30.6. The summed E-state index contributed by atoms with van der Waals surface area (Å²) in [5.41, 5.74) is 0. The summed E-state index contributed by atoms with van der Waals surface area (Å²) in [7, 11) is 0. The zero-order valence-electron chi connectivity index (χ0n) is 13.8. The van der Waals surface area contributed by atoms with Gasteiger partial charge < -0.3 is 10.2 Å². The molecule has 2 fully saturated rings. The maximum absolute atomic E-state index is 12.7. The van der Waals surface area contributed by atoms with Crippen molar-refractivity contribution in [1.82, 2.24) is 25.0 Å². The van der Waals surface area contributed by atoms with Crippen LogP contribution in [0.4, 0.5) is 0 Å². The topological polar surface area (TPSA) is 63.1 Å². The molecule has 2 aliphatic heterocycles. The Bertz CT molecular complexity index is 555. The predicted octanol–water partition coefficient (Wildman–Crippen LogP) is 1.36. The average Bonchev–Trinajstić information content (AvgIpc) is 3.07. The number of likely N-dealkylation sites (tertiary alicyclic amines) is 1. The Morgan fingerprint density at radius 3 is 3.04 bits per heavy atom. The molecule has 1 N–H and O–H groups in total. The SMILES string of the molecule is O=C(CNC1CCc2ncnn2C1)N1CCCC2CCCCC21. The number of nitrogens with one attached hydrogen (secondary N) is 1. The second-order valence-electron chi connectivity index (χ2n) is 7.32. The molecule has 1 aromatic rings. The first-order chi connectivity index (χ1) is 11.3. The predicted molar refractivity (Wildman–Crippen MR) is 86.8 cm³/mol. The van der Waals surface area contributed by atoms with Crippen molar-refractivity contribution >= 4 is 5.91 Å². The highest BCUT2D eigenvalue weighted by atomic mass is 16.2. The Balaban J connectivity index is 1.31. The molecule has 6 heteroatoms. The summed E-state index contributed by atoms with van der Waals surface area (Å²) in [6, 6.07) is 0.847. The van der Waals surface area contributed by atoms with Crippen molar-refractivity contribution < 1.29 is 4.79 Å². The van der Waals surface area contributed by atoms with E-state index in [-0.39, 0.29) is 0 Å². The van der Waals surface area contributed by atoms with E-state index in [4.69, 9.17) is 0 Å². The third-order valence-electron chi connectivity index (χ3n) is 5.91. The first-order valence-corrected chi connectivity index (χ1v) is 9.21. The molecule has 126 valence electrons.